The molecule has 1 N–H and O–H groups in total. The van der Waals surface area contributed by atoms with Gasteiger partial charge in [-0.25, -0.2) is 9.97 Å². The summed E-state index contributed by atoms with van der Waals surface area (Å²) in [6, 6.07) is 4.09. The van der Waals surface area contributed by atoms with Gasteiger partial charge >= 0.3 is 5.97 Å². The van der Waals surface area contributed by atoms with Gasteiger partial charge in [-0.1, -0.05) is 20.8 Å². The van der Waals surface area contributed by atoms with E-state index in [1.54, 1.807) is 0 Å². The summed E-state index contributed by atoms with van der Waals surface area (Å²) in [5.74, 6) is -0.762. The van der Waals surface area contributed by atoms with Crippen LogP contribution in [0, 0.1) is 19.3 Å². The molecule has 0 amide bonds. The summed E-state index contributed by atoms with van der Waals surface area (Å²) < 4.78 is 0. The number of carboxylic acids is 1. The first-order chi connectivity index (χ1) is 10.6. The monoisotopic (exact) mass is 310 g/mol. The Labute approximate surface area is 136 Å². The predicted molar refractivity (Wildman–Crippen MR) is 88.7 cm³/mol. The van der Waals surface area contributed by atoms with Gasteiger partial charge in [0.1, 0.15) is 5.41 Å². The van der Waals surface area contributed by atoms with Gasteiger partial charge in [0.2, 0.25) is 0 Å². The van der Waals surface area contributed by atoms with Gasteiger partial charge in [-0.3, -0.25) is 4.79 Å². The quantitative estimate of drug-likeness (QED) is 0.873. The maximum Gasteiger partial charge on any atom is 0.316 e. The molecule has 4 rings (SSSR count). The maximum absolute atomic E-state index is 12.3. The van der Waals surface area contributed by atoms with Crippen molar-refractivity contribution in [3.05, 3.63) is 34.6 Å². The highest BCUT2D eigenvalue weighted by molar-refractivity contribution is 5.88. The number of hydrogen-bond donors (Lipinski definition) is 1. The van der Waals surface area contributed by atoms with E-state index in [9.17, 15) is 9.90 Å². The zero-order valence-electron chi connectivity index (χ0n) is 14.3. The topological polar surface area (TPSA) is 63.1 Å². The minimum Gasteiger partial charge on any atom is -0.481 e. The second-order valence-corrected chi connectivity index (χ2v) is 8.01. The van der Waals surface area contributed by atoms with Crippen molar-refractivity contribution in [1.82, 2.24) is 9.97 Å². The summed E-state index contributed by atoms with van der Waals surface area (Å²) in [4.78, 5) is 22.0. The molecule has 4 nitrogen and oxygen atoms in total. The Morgan fingerprint density at radius 1 is 1.00 bits per heavy atom. The van der Waals surface area contributed by atoms with Gasteiger partial charge in [0.05, 0.1) is 22.4 Å². The first kappa shape index (κ1) is 14.6. The van der Waals surface area contributed by atoms with Gasteiger partial charge in [-0.05, 0) is 55.4 Å². The predicted octanol–water partition coefficient (Wildman–Crippen LogP) is 3.66. The molecule has 0 radical (unpaired) electrons. The molecule has 0 unspecified atom stereocenters. The SMILES string of the molecule is Cc1cc2nc3c(nc2cc1C)[C@]1(C(=O)O)CC[C@@]3(C)C1(C)C. The number of benzene rings is 1. The van der Waals surface area contributed by atoms with E-state index in [-0.39, 0.29) is 5.41 Å². The Balaban J connectivity index is 2.13. The number of hydrogen-bond acceptors (Lipinski definition) is 3. The zero-order chi connectivity index (χ0) is 16.8. The number of fused-ring (bicyclic) bond motifs is 6. The van der Waals surface area contributed by atoms with Crippen LogP contribution in [0.4, 0.5) is 0 Å². The Morgan fingerprint density at radius 2 is 1.52 bits per heavy atom. The van der Waals surface area contributed by atoms with Crippen LogP contribution in [0.2, 0.25) is 0 Å². The zero-order valence-corrected chi connectivity index (χ0v) is 14.3. The molecule has 0 spiro atoms. The van der Waals surface area contributed by atoms with Gasteiger partial charge in [-0.2, -0.15) is 0 Å². The average molecular weight is 310 g/mol. The summed E-state index contributed by atoms with van der Waals surface area (Å²) in [6.45, 7) is 10.4. The number of nitrogens with zero attached hydrogens (tertiary/aromatic N) is 2. The molecule has 1 fully saturated rings. The summed E-state index contributed by atoms with van der Waals surface area (Å²) in [7, 11) is 0. The van der Waals surface area contributed by atoms with E-state index in [1.807, 2.05) is 13.0 Å². The second kappa shape index (κ2) is 3.92. The van der Waals surface area contributed by atoms with Crippen LogP contribution >= 0.6 is 0 Å². The largest absolute Gasteiger partial charge is 0.481 e. The molecule has 23 heavy (non-hydrogen) atoms. The molecule has 2 bridgehead atoms. The number of aryl methyl sites for hydroxylation is 2. The van der Waals surface area contributed by atoms with Gasteiger partial charge < -0.3 is 5.11 Å². The normalized spacial score (nSPS) is 30.7. The van der Waals surface area contributed by atoms with E-state index in [0.29, 0.717) is 12.1 Å². The van der Waals surface area contributed by atoms with Crippen LogP contribution in [0.15, 0.2) is 12.1 Å². The molecule has 4 heteroatoms. The number of aromatic nitrogens is 2. The molecule has 1 aromatic heterocycles. The Kier molecular flexibility index (Phi) is 2.49. The minimum absolute atomic E-state index is 0.235. The van der Waals surface area contributed by atoms with Gasteiger partial charge in [-0.15, -0.1) is 0 Å². The van der Waals surface area contributed by atoms with Gasteiger partial charge in [0, 0.05) is 5.41 Å². The van der Waals surface area contributed by atoms with Crippen molar-refractivity contribution in [3.63, 3.8) is 0 Å². The number of carboxylic acid groups (broad SMARTS) is 1. The van der Waals surface area contributed by atoms with Crippen LogP contribution < -0.4 is 0 Å². The first-order valence-corrected chi connectivity index (χ1v) is 8.18. The lowest BCUT2D eigenvalue weighted by molar-refractivity contribution is -0.148. The van der Waals surface area contributed by atoms with Crippen molar-refractivity contribution < 1.29 is 9.90 Å². The third-order valence-electron chi connectivity index (χ3n) is 7.02. The molecule has 2 atom stereocenters. The van der Waals surface area contributed by atoms with E-state index < -0.39 is 16.8 Å². The molecule has 0 aliphatic heterocycles. The highest BCUT2D eigenvalue weighted by Crippen LogP contribution is 2.70. The van der Waals surface area contributed by atoms with Gasteiger partial charge in [0.25, 0.3) is 0 Å². The molecule has 1 heterocycles. The fraction of sp³-hybridized carbons (Fsp3) is 0.526. The maximum atomic E-state index is 12.3. The Bertz CT molecular complexity index is 887. The highest BCUT2D eigenvalue weighted by Gasteiger charge is 2.73. The molecule has 0 saturated heterocycles. The van der Waals surface area contributed by atoms with Crippen LogP contribution in [0.1, 0.15) is 56.1 Å². The van der Waals surface area contributed by atoms with E-state index >= 15 is 0 Å². The molecular weight excluding hydrogens is 288 g/mol. The van der Waals surface area contributed by atoms with Crippen molar-refractivity contribution in [1.29, 1.82) is 0 Å². The van der Waals surface area contributed by atoms with E-state index in [1.165, 1.54) is 5.56 Å². The minimum atomic E-state index is -0.920. The van der Waals surface area contributed by atoms with Crippen molar-refractivity contribution in [2.24, 2.45) is 5.41 Å². The summed E-state index contributed by atoms with van der Waals surface area (Å²) in [5, 5.41) is 10.1. The number of rotatable bonds is 1. The standard InChI is InChI=1S/C19H22N2O2/c1-10-8-12-13(9-11(10)2)21-15-14(20-12)18(5)6-7-19(15,16(22)23)17(18,3)4/h8-9H,6-7H2,1-5H3,(H,22,23)/t18-,19+/m1/s1. The molecule has 1 aromatic carbocycles. The lowest BCUT2D eigenvalue weighted by atomic mass is 9.64. The van der Waals surface area contributed by atoms with E-state index in [0.717, 1.165) is 28.7 Å². The van der Waals surface area contributed by atoms with Crippen LogP contribution in [-0.2, 0) is 15.6 Å². The molecule has 2 aromatic rings. The molecule has 1 saturated carbocycles. The van der Waals surface area contributed by atoms with Gasteiger partial charge in [0.15, 0.2) is 0 Å². The number of carbonyl (C=O) groups is 1. The first-order valence-electron chi connectivity index (χ1n) is 8.18. The van der Waals surface area contributed by atoms with Crippen molar-refractivity contribution in [2.45, 2.75) is 58.3 Å². The van der Waals surface area contributed by atoms with Crippen molar-refractivity contribution >= 4 is 17.0 Å². The van der Waals surface area contributed by atoms with Crippen LogP contribution in [0.3, 0.4) is 0 Å². The Hall–Kier alpha value is -1.97. The van der Waals surface area contributed by atoms with Crippen molar-refractivity contribution in [3.8, 4) is 0 Å². The smallest absolute Gasteiger partial charge is 0.316 e. The second-order valence-electron chi connectivity index (χ2n) is 8.01. The lowest BCUT2D eigenvalue weighted by Crippen LogP contribution is -2.45. The third-order valence-corrected chi connectivity index (χ3v) is 7.02. The molecular formula is C19H22N2O2. The van der Waals surface area contributed by atoms with Crippen LogP contribution in [0.5, 0.6) is 0 Å². The van der Waals surface area contributed by atoms with Crippen LogP contribution in [-0.4, -0.2) is 21.0 Å². The fourth-order valence-corrected chi connectivity index (χ4v) is 4.83. The van der Waals surface area contributed by atoms with E-state index in [2.05, 4.69) is 33.8 Å². The lowest BCUT2D eigenvalue weighted by Gasteiger charge is -2.37. The van der Waals surface area contributed by atoms with E-state index in [4.69, 9.17) is 9.97 Å². The Morgan fingerprint density at radius 3 is 2.04 bits per heavy atom. The summed E-state index contributed by atoms with van der Waals surface area (Å²) >= 11 is 0. The summed E-state index contributed by atoms with van der Waals surface area (Å²) in [6.07, 6.45) is 1.49. The van der Waals surface area contributed by atoms with Crippen LogP contribution in [0.25, 0.3) is 11.0 Å². The third kappa shape index (κ3) is 1.37. The number of aliphatic carboxylic acids is 1. The highest BCUT2D eigenvalue weighted by atomic mass is 16.4. The molecule has 2 aliphatic carbocycles. The molecule has 2 aliphatic rings. The summed E-state index contributed by atoms with van der Waals surface area (Å²) in [5.41, 5.74) is 4.06. The fourth-order valence-electron chi connectivity index (χ4n) is 4.83. The van der Waals surface area contributed by atoms with Crippen molar-refractivity contribution in [2.75, 3.05) is 0 Å². The molecule has 120 valence electrons. The average Bonchev–Trinajstić information content (AvgIpc) is 2.75.